The highest BCUT2D eigenvalue weighted by Gasteiger charge is 2.00. The Morgan fingerprint density at radius 1 is 0.938 bits per heavy atom. The van der Waals surface area contributed by atoms with E-state index in [2.05, 4.69) is 50.4 Å². The Hall–Kier alpha value is -1.82. The molecule has 0 bridgehead atoms. The van der Waals surface area contributed by atoms with Crippen LogP contribution in [0.2, 0.25) is 0 Å². The van der Waals surface area contributed by atoms with E-state index in [0.29, 0.717) is 0 Å². The smallest absolute Gasteiger partial charge is 0.0175 e. The maximum atomic E-state index is 3.84. The molecule has 2 aromatic rings. The van der Waals surface area contributed by atoms with Gasteiger partial charge in [0.15, 0.2) is 0 Å². The summed E-state index contributed by atoms with van der Waals surface area (Å²) in [7, 11) is 0. The van der Waals surface area contributed by atoms with Crippen LogP contribution >= 0.6 is 0 Å². The highest BCUT2D eigenvalue weighted by molar-refractivity contribution is 5.88. The monoisotopic (exact) mass is 208 g/mol. The van der Waals surface area contributed by atoms with E-state index in [9.17, 15) is 0 Å². The summed E-state index contributed by atoms with van der Waals surface area (Å²) >= 11 is 0. The molecule has 0 heterocycles. The van der Waals surface area contributed by atoms with Crippen molar-refractivity contribution in [3.05, 3.63) is 60.2 Å². The average Bonchev–Trinajstić information content (AvgIpc) is 2.36. The highest BCUT2D eigenvalue weighted by Crippen LogP contribution is 2.23. The van der Waals surface area contributed by atoms with E-state index in [1.807, 2.05) is 12.2 Å². The molecule has 0 aliphatic heterocycles. The molecule has 0 heteroatoms. The number of hydrogen-bond acceptors (Lipinski definition) is 0. The summed E-state index contributed by atoms with van der Waals surface area (Å²) in [6, 6.07) is 10.9. The van der Waals surface area contributed by atoms with E-state index in [0.717, 1.165) is 17.5 Å². The van der Waals surface area contributed by atoms with Crippen molar-refractivity contribution >= 4 is 22.9 Å². The fraction of sp³-hybridized carbons (Fsp3) is 0.125. The van der Waals surface area contributed by atoms with Gasteiger partial charge in [-0.25, -0.2) is 0 Å². The van der Waals surface area contributed by atoms with Gasteiger partial charge in [-0.3, -0.25) is 0 Å². The van der Waals surface area contributed by atoms with Gasteiger partial charge in [0.25, 0.3) is 0 Å². The molecule has 0 N–H and O–H groups in total. The minimum absolute atomic E-state index is 1.07. The minimum Gasteiger partial charge on any atom is -0.0984 e. The molecule has 0 fully saturated rings. The topological polar surface area (TPSA) is 0 Å². The predicted octanol–water partition coefficient (Wildman–Crippen LogP) is 4.69. The van der Waals surface area contributed by atoms with Gasteiger partial charge >= 0.3 is 0 Å². The zero-order valence-corrected chi connectivity index (χ0v) is 9.66. The Morgan fingerprint density at radius 3 is 2.12 bits per heavy atom. The first-order chi connectivity index (χ1) is 7.78. The second-order valence-electron chi connectivity index (χ2n) is 3.92. The van der Waals surface area contributed by atoms with E-state index in [1.165, 1.54) is 16.3 Å². The summed E-state index contributed by atoms with van der Waals surface area (Å²) < 4.78 is 0. The molecular formula is C16H16. The molecule has 0 unspecified atom stereocenters. The van der Waals surface area contributed by atoms with Crippen molar-refractivity contribution in [1.29, 1.82) is 0 Å². The van der Waals surface area contributed by atoms with Crippen LogP contribution in [0, 0.1) is 0 Å². The van der Waals surface area contributed by atoms with Gasteiger partial charge in [-0.2, -0.15) is 0 Å². The summed E-state index contributed by atoms with van der Waals surface area (Å²) in [6.07, 6.45) is 4.84. The second kappa shape index (κ2) is 4.36. The van der Waals surface area contributed by atoms with Gasteiger partial charge in [-0.1, -0.05) is 50.4 Å². The molecule has 2 aromatic carbocycles. The van der Waals surface area contributed by atoms with Crippen molar-refractivity contribution in [3.8, 4) is 0 Å². The van der Waals surface area contributed by atoms with Crippen LogP contribution in [-0.2, 0) is 6.42 Å². The number of benzene rings is 2. The number of hydrogen-bond donors (Lipinski definition) is 0. The first kappa shape index (κ1) is 10.7. The van der Waals surface area contributed by atoms with Gasteiger partial charge in [0, 0.05) is 0 Å². The average molecular weight is 208 g/mol. The third-order valence-corrected chi connectivity index (χ3v) is 2.95. The van der Waals surface area contributed by atoms with Crippen molar-refractivity contribution in [2.75, 3.05) is 0 Å². The van der Waals surface area contributed by atoms with Crippen LogP contribution in [0.5, 0.6) is 0 Å². The molecule has 0 spiro atoms. The van der Waals surface area contributed by atoms with Crippen LogP contribution in [-0.4, -0.2) is 0 Å². The zero-order chi connectivity index (χ0) is 11.5. The normalized spacial score (nSPS) is 10.3. The number of rotatable bonds is 3. The van der Waals surface area contributed by atoms with Crippen LogP contribution in [0.1, 0.15) is 23.6 Å². The first-order valence-corrected chi connectivity index (χ1v) is 5.60. The molecule has 2 rings (SSSR count). The lowest BCUT2D eigenvalue weighted by molar-refractivity contribution is 1.15. The molecule has 0 aromatic heterocycles. The van der Waals surface area contributed by atoms with Gasteiger partial charge in [0.1, 0.15) is 0 Å². The molecule has 0 saturated heterocycles. The number of aryl methyl sites for hydroxylation is 1. The maximum absolute atomic E-state index is 3.84. The summed E-state index contributed by atoms with van der Waals surface area (Å²) in [5.74, 6) is 0. The van der Waals surface area contributed by atoms with Crippen LogP contribution in [0.3, 0.4) is 0 Å². The third-order valence-electron chi connectivity index (χ3n) is 2.95. The van der Waals surface area contributed by atoms with E-state index in [4.69, 9.17) is 0 Å². The van der Waals surface area contributed by atoms with E-state index in [-0.39, 0.29) is 0 Å². The van der Waals surface area contributed by atoms with Gasteiger partial charge < -0.3 is 0 Å². The predicted molar refractivity (Wildman–Crippen MR) is 73.5 cm³/mol. The van der Waals surface area contributed by atoms with Gasteiger partial charge in [-0.05, 0) is 46.0 Å². The molecule has 0 aliphatic carbocycles. The van der Waals surface area contributed by atoms with Crippen molar-refractivity contribution in [3.63, 3.8) is 0 Å². The summed E-state index contributed by atoms with van der Waals surface area (Å²) in [6.45, 7) is 9.85. The Kier molecular flexibility index (Phi) is 2.91. The molecule has 0 amide bonds. The van der Waals surface area contributed by atoms with Crippen molar-refractivity contribution < 1.29 is 0 Å². The van der Waals surface area contributed by atoms with Crippen LogP contribution < -0.4 is 0 Å². The van der Waals surface area contributed by atoms with Gasteiger partial charge in [-0.15, -0.1) is 0 Å². The van der Waals surface area contributed by atoms with E-state index in [1.54, 1.807) is 0 Å². The number of fused-ring (bicyclic) bond motifs is 1. The Bertz CT molecular complexity index is 547. The fourth-order valence-electron chi connectivity index (χ4n) is 1.96. The standard InChI is InChI=1S/C16H16/c1-4-12-7-8-15-10-13(5-2)14(6-3)11-16(15)9-12/h5-11H,2-4H2,1H3. The molecule has 0 radical (unpaired) electrons. The highest BCUT2D eigenvalue weighted by atomic mass is 14.0. The first-order valence-electron chi connectivity index (χ1n) is 5.60. The van der Waals surface area contributed by atoms with Gasteiger partial charge in [0.05, 0.1) is 0 Å². The van der Waals surface area contributed by atoms with Crippen LogP contribution in [0.15, 0.2) is 43.5 Å². The van der Waals surface area contributed by atoms with E-state index >= 15 is 0 Å². The second-order valence-corrected chi connectivity index (χ2v) is 3.92. The zero-order valence-electron chi connectivity index (χ0n) is 9.66. The molecule has 0 nitrogen and oxygen atoms in total. The Balaban J connectivity index is 2.72. The van der Waals surface area contributed by atoms with Gasteiger partial charge in [0.2, 0.25) is 0 Å². The van der Waals surface area contributed by atoms with Crippen molar-refractivity contribution in [2.24, 2.45) is 0 Å². The molecular weight excluding hydrogens is 192 g/mol. The van der Waals surface area contributed by atoms with Crippen molar-refractivity contribution in [2.45, 2.75) is 13.3 Å². The SMILES string of the molecule is C=Cc1cc2ccc(CC)cc2cc1C=C. The molecule has 0 aliphatic rings. The van der Waals surface area contributed by atoms with E-state index < -0.39 is 0 Å². The minimum atomic E-state index is 1.07. The molecule has 80 valence electrons. The molecule has 0 saturated carbocycles. The summed E-state index contributed by atoms with van der Waals surface area (Å²) in [4.78, 5) is 0. The summed E-state index contributed by atoms with van der Waals surface area (Å²) in [5, 5.41) is 2.54. The Morgan fingerprint density at radius 2 is 1.56 bits per heavy atom. The lowest BCUT2D eigenvalue weighted by Gasteiger charge is -2.06. The Labute approximate surface area is 96.9 Å². The van der Waals surface area contributed by atoms with Crippen molar-refractivity contribution in [1.82, 2.24) is 0 Å². The quantitative estimate of drug-likeness (QED) is 0.686. The molecule has 16 heavy (non-hydrogen) atoms. The molecule has 0 atom stereocenters. The largest absolute Gasteiger partial charge is 0.0984 e. The maximum Gasteiger partial charge on any atom is -0.0175 e. The summed E-state index contributed by atoms with van der Waals surface area (Å²) in [5.41, 5.74) is 3.66. The van der Waals surface area contributed by atoms with Crippen LogP contribution in [0.4, 0.5) is 0 Å². The lowest BCUT2D eigenvalue weighted by Crippen LogP contribution is -1.85. The lowest BCUT2D eigenvalue weighted by atomic mass is 9.99. The third kappa shape index (κ3) is 1.79. The van der Waals surface area contributed by atoms with Crippen LogP contribution in [0.25, 0.3) is 22.9 Å². The fourth-order valence-corrected chi connectivity index (χ4v) is 1.96.